The first-order valence-electron chi connectivity index (χ1n) is 8.88. The van der Waals surface area contributed by atoms with Gasteiger partial charge in [-0.2, -0.15) is 5.10 Å². The van der Waals surface area contributed by atoms with E-state index in [1.165, 1.54) is 4.68 Å². The zero-order chi connectivity index (χ0) is 17.8. The van der Waals surface area contributed by atoms with Crippen LogP contribution in [0.25, 0.3) is 0 Å². The summed E-state index contributed by atoms with van der Waals surface area (Å²) >= 11 is 0. The third-order valence-corrected chi connectivity index (χ3v) is 5.19. The van der Waals surface area contributed by atoms with Crippen LogP contribution in [0.3, 0.4) is 0 Å². The van der Waals surface area contributed by atoms with Crippen LogP contribution in [0.1, 0.15) is 56.7 Å². The van der Waals surface area contributed by atoms with Crippen LogP contribution in [-0.2, 0) is 4.74 Å². The summed E-state index contributed by atoms with van der Waals surface area (Å²) < 4.78 is 33.2. The molecule has 2 heterocycles. The number of nitrogens with zero attached hydrogens (tertiary/aromatic N) is 3. The summed E-state index contributed by atoms with van der Waals surface area (Å²) in [7, 11) is 0. The maximum atomic E-state index is 12.9. The van der Waals surface area contributed by atoms with E-state index in [2.05, 4.69) is 10.4 Å². The first kappa shape index (κ1) is 18.2. The lowest BCUT2D eigenvalue weighted by Crippen LogP contribution is -2.33. The summed E-state index contributed by atoms with van der Waals surface area (Å²) in [5.74, 6) is 0.464. The number of alkyl halides is 2. The van der Waals surface area contributed by atoms with Crippen LogP contribution in [0.2, 0.25) is 0 Å². The molecule has 1 aromatic heterocycles. The molecule has 7 nitrogen and oxygen atoms in total. The topological polar surface area (TPSA) is 82.2 Å². The molecular formula is C16H24F2N4O3. The van der Waals surface area contributed by atoms with Gasteiger partial charge in [-0.05, 0) is 57.5 Å². The minimum atomic E-state index is -2.93. The van der Waals surface area contributed by atoms with Crippen molar-refractivity contribution >= 4 is 5.69 Å². The van der Waals surface area contributed by atoms with Gasteiger partial charge < -0.3 is 10.1 Å². The van der Waals surface area contributed by atoms with Crippen molar-refractivity contribution in [2.24, 2.45) is 5.92 Å². The number of hydrogen-bond acceptors (Lipinski definition) is 5. The Labute approximate surface area is 144 Å². The predicted octanol–water partition coefficient (Wildman–Crippen LogP) is 3.23. The lowest BCUT2D eigenvalue weighted by atomic mass is 9.86. The molecule has 3 rings (SSSR count). The van der Waals surface area contributed by atoms with Gasteiger partial charge in [0, 0.05) is 6.61 Å². The first-order valence-corrected chi connectivity index (χ1v) is 8.88. The van der Waals surface area contributed by atoms with E-state index in [1.54, 1.807) is 0 Å². The lowest BCUT2D eigenvalue weighted by molar-refractivity contribution is -0.386. The number of hydrogen-bond donors (Lipinski definition) is 1. The number of piperidine rings is 1. The molecule has 1 N–H and O–H groups in total. The molecule has 140 valence electrons. The highest BCUT2D eigenvalue weighted by Crippen LogP contribution is 2.35. The summed E-state index contributed by atoms with van der Waals surface area (Å²) in [6.07, 6.45) is 4.05. The molecule has 1 aliphatic heterocycles. The second-order valence-corrected chi connectivity index (χ2v) is 6.89. The summed E-state index contributed by atoms with van der Waals surface area (Å²) in [5.41, 5.74) is -1.33. The molecule has 0 amide bonds. The Morgan fingerprint density at radius 1 is 1.28 bits per heavy atom. The molecule has 0 unspecified atom stereocenters. The van der Waals surface area contributed by atoms with Crippen molar-refractivity contribution in [3.8, 4) is 0 Å². The van der Waals surface area contributed by atoms with E-state index in [4.69, 9.17) is 4.74 Å². The fourth-order valence-electron chi connectivity index (χ4n) is 3.69. The number of nitrogens with one attached hydrogen (secondary N) is 1. The highest BCUT2D eigenvalue weighted by atomic mass is 19.3. The Kier molecular flexibility index (Phi) is 5.95. The van der Waals surface area contributed by atoms with Gasteiger partial charge in [0.2, 0.25) is 5.69 Å². The van der Waals surface area contributed by atoms with Crippen LogP contribution in [0.4, 0.5) is 14.5 Å². The van der Waals surface area contributed by atoms with Crippen molar-refractivity contribution < 1.29 is 18.4 Å². The van der Waals surface area contributed by atoms with Gasteiger partial charge in [0.15, 0.2) is 0 Å². The second kappa shape index (κ2) is 8.18. The van der Waals surface area contributed by atoms with E-state index in [0.717, 1.165) is 64.4 Å². The number of halogens is 2. The van der Waals surface area contributed by atoms with Crippen molar-refractivity contribution in [1.82, 2.24) is 15.1 Å². The van der Waals surface area contributed by atoms with Gasteiger partial charge in [-0.25, -0.2) is 8.78 Å². The number of nitro groups is 1. The quantitative estimate of drug-likeness (QED) is 0.624. The summed E-state index contributed by atoms with van der Waals surface area (Å²) in [6, 6.07) is -0.0543. The van der Waals surface area contributed by atoms with Crippen molar-refractivity contribution in [3.63, 3.8) is 0 Å². The Morgan fingerprint density at radius 3 is 2.52 bits per heavy atom. The number of rotatable bonds is 6. The molecule has 0 bridgehead atoms. The Balaban J connectivity index is 1.51. The van der Waals surface area contributed by atoms with Crippen molar-refractivity contribution in [2.45, 2.75) is 57.1 Å². The standard InChI is InChI=1S/C16H24F2N4O3/c17-16(18)15-14(22(23)24)9-21(20-15)12-3-1-11(2-4-12)10-25-13-5-7-19-8-6-13/h9,11-13,16,19H,1-8,10H2. The SMILES string of the molecule is O=[N+]([O-])c1cn(C2CCC(COC3CCNCC3)CC2)nc1C(F)F. The minimum absolute atomic E-state index is 0.0543. The van der Waals surface area contributed by atoms with Crippen LogP contribution in [0.15, 0.2) is 6.20 Å². The van der Waals surface area contributed by atoms with Gasteiger partial charge in [0.05, 0.1) is 17.1 Å². The predicted molar refractivity (Wildman–Crippen MR) is 86.7 cm³/mol. The average Bonchev–Trinajstić information content (AvgIpc) is 3.07. The van der Waals surface area contributed by atoms with Crippen LogP contribution in [-0.4, -0.2) is 40.5 Å². The fourth-order valence-corrected chi connectivity index (χ4v) is 3.69. The van der Waals surface area contributed by atoms with Crippen LogP contribution >= 0.6 is 0 Å². The van der Waals surface area contributed by atoms with Gasteiger partial charge in [-0.1, -0.05) is 0 Å². The van der Waals surface area contributed by atoms with E-state index in [9.17, 15) is 18.9 Å². The maximum Gasteiger partial charge on any atom is 0.316 e. The summed E-state index contributed by atoms with van der Waals surface area (Å²) in [6.45, 7) is 2.74. The largest absolute Gasteiger partial charge is 0.378 e. The normalized spacial score (nSPS) is 25.4. The molecule has 1 aromatic rings. The molecule has 1 saturated heterocycles. The smallest absolute Gasteiger partial charge is 0.316 e. The van der Waals surface area contributed by atoms with E-state index in [1.807, 2.05) is 0 Å². The third kappa shape index (κ3) is 4.52. The van der Waals surface area contributed by atoms with Gasteiger partial charge in [0.25, 0.3) is 6.43 Å². The van der Waals surface area contributed by atoms with Gasteiger partial charge in [0.1, 0.15) is 6.20 Å². The third-order valence-electron chi connectivity index (χ3n) is 5.19. The zero-order valence-corrected chi connectivity index (χ0v) is 14.1. The van der Waals surface area contributed by atoms with E-state index < -0.39 is 22.7 Å². The molecule has 1 aliphatic carbocycles. The van der Waals surface area contributed by atoms with E-state index in [-0.39, 0.29) is 6.04 Å². The van der Waals surface area contributed by atoms with E-state index in [0.29, 0.717) is 12.0 Å². The van der Waals surface area contributed by atoms with Crippen LogP contribution in [0, 0.1) is 16.0 Å². The first-order chi connectivity index (χ1) is 12.0. The molecular weight excluding hydrogens is 334 g/mol. The van der Waals surface area contributed by atoms with Crippen molar-refractivity contribution in [3.05, 3.63) is 22.0 Å². The highest BCUT2D eigenvalue weighted by Gasteiger charge is 2.31. The Hall–Kier alpha value is -1.61. The lowest BCUT2D eigenvalue weighted by Gasteiger charge is -2.30. The molecule has 0 spiro atoms. The summed E-state index contributed by atoms with van der Waals surface area (Å²) in [5, 5.41) is 18.0. The number of ether oxygens (including phenoxy) is 1. The molecule has 9 heteroatoms. The maximum absolute atomic E-state index is 12.9. The molecule has 1 saturated carbocycles. The van der Waals surface area contributed by atoms with Crippen molar-refractivity contribution in [2.75, 3.05) is 19.7 Å². The summed E-state index contributed by atoms with van der Waals surface area (Å²) in [4.78, 5) is 10.1. The number of aromatic nitrogens is 2. The van der Waals surface area contributed by atoms with Crippen molar-refractivity contribution in [1.29, 1.82) is 0 Å². The molecule has 2 aliphatic rings. The average molecular weight is 358 g/mol. The van der Waals surface area contributed by atoms with E-state index >= 15 is 0 Å². The fraction of sp³-hybridized carbons (Fsp3) is 0.812. The van der Waals surface area contributed by atoms with Gasteiger partial charge in [-0.15, -0.1) is 0 Å². The molecule has 0 radical (unpaired) electrons. The van der Waals surface area contributed by atoms with Crippen LogP contribution in [0.5, 0.6) is 0 Å². The molecule has 0 atom stereocenters. The Bertz CT molecular complexity index is 582. The zero-order valence-electron chi connectivity index (χ0n) is 14.1. The molecule has 0 aromatic carbocycles. The van der Waals surface area contributed by atoms with Crippen LogP contribution < -0.4 is 5.32 Å². The van der Waals surface area contributed by atoms with Gasteiger partial charge in [-0.3, -0.25) is 14.8 Å². The Morgan fingerprint density at radius 2 is 1.96 bits per heavy atom. The second-order valence-electron chi connectivity index (χ2n) is 6.89. The highest BCUT2D eigenvalue weighted by molar-refractivity contribution is 5.33. The monoisotopic (exact) mass is 358 g/mol. The molecule has 2 fully saturated rings. The molecule has 25 heavy (non-hydrogen) atoms. The van der Waals surface area contributed by atoms with Gasteiger partial charge >= 0.3 is 5.69 Å². The minimum Gasteiger partial charge on any atom is -0.378 e.